The van der Waals surface area contributed by atoms with E-state index in [1.54, 1.807) is 0 Å². The van der Waals surface area contributed by atoms with Crippen molar-refractivity contribution in [3.63, 3.8) is 0 Å². The van der Waals surface area contributed by atoms with E-state index in [1.807, 2.05) is 18.2 Å². The maximum absolute atomic E-state index is 6.28. The summed E-state index contributed by atoms with van der Waals surface area (Å²) in [6.07, 6.45) is 1.06. The van der Waals surface area contributed by atoms with Crippen molar-refractivity contribution in [3.8, 4) is 11.1 Å². The Morgan fingerprint density at radius 1 is 1.05 bits per heavy atom. The predicted octanol–water partition coefficient (Wildman–Crippen LogP) is 5.72. The molecule has 0 saturated carbocycles. The summed E-state index contributed by atoms with van der Waals surface area (Å²) >= 11 is 12.4. The van der Waals surface area contributed by atoms with Crippen LogP contribution in [0.4, 0.5) is 0 Å². The van der Waals surface area contributed by atoms with Gasteiger partial charge in [0.25, 0.3) is 0 Å². The Bertz CT molecular complexity index is 581. The molecule has 0 aliphatic carbocycles. The van der Waals surface area contributed by atoms with Crippen LogP contribution in [-0.2, 0) is 0 Å². The van der Waals surface area contributed by atoms with E-state index in [4.69, 9.17) is 23.2 Å². The van der Waals surface area contributed by atoms with Gasteiger partial charge in [0, 0.05) is 21.7 Å². The van der Waals surface area contributed by atoms with Gasteiger partial charge in [-0.15, -0.1) is 0 Å². The highest BCUT2D eigenvalue weighted by Crippen LogP contribution is 2.32. The molecule has 0 heterocycles. The van der Waals surface area contributed by atoms with Crippen LogP contribution in [0.15, 0.2) is 42.5 Å². The highest BCUT2D eigenvalue weighted by Gasteiger charge is 2.10. The molecule has 1 atom stereocenters. The first-order chi connectivity index (χ1) is 9.65. The molecule has 0 aliphatic heterocycles. The van der Waals surface area contributed by atoms with Crippen molar-refractivity contribution in [2.75, 3.05) is 6.54 Å². The summed E-state index contributed by atoms with van der Waals surface area (Å²) in [5.41, 5.74) is 3.36. The molecular weight excluding hydrogens is 289 g/mol. The second-order valence-corrected chi connectivity index (χ2v) is 5.61. The smallest absolute Gasteiger partial charge is 0.0485 e. The molecule has 20 heavy (non-hydrogen) atoms. The number of hydrogen-bond acceptors (Lipinski definition) is 1. The Morgan fingerprint density at radius 2 is 1.85 bits per heavy atom. The van der Waals surface area contributed by atoms with Gasteiger partial charge in [-0.3, -0.25) is 0 Å². The van der Waals surface area contributed by atoms with Crippen molar-refractivity contribution < 1.29 is 0 Å². The summed E-state index contributed by atoms with van der Waals surface area (Å²) in [6, 6.07) is 14.4. The van der Waals surface area contributed by atoms with Crippen molar-refractivity contribution in [2.24, 2.45) is 0 Å². The van der Waals surface area contributed by atoms with Gasteiger partial charge in [-0.2, -0.15) is 0 Å². The molecule has 1 nitrogen and oxygen atoms in total. The molecule has 0 spiro atoms. The first-order valence-corrected chi connectivity index (χ1v) is 7.70. The topological polar surface area (TPSA) is 12.0 Å². The summed E-state index contributed by atoms with van der Waals surface area (Å²) in [5, 5.41) is 4.92. The molecule has 3 heteroatoms. The van der Waals surface area contributed by atoms with Crippen LogP contribution < -0.4 is 5.32 Å². The third kappa shape index (κ3) is 3.54. The second kappa shape index (κ2) is 7.12. The first kappa shape index (κ1) is 15.4. The monoisotopic (exact) mass is 307 g/mol. The number of benzene rings is 2. The van der Waals surface area contributed by atoms with Crippen molar-refractivity contribution in [1.29, 1.82) is 0 Å². The van der Waals surface area contributed by atoms with Crippen molar-refractivity contribution >= 4 is 23.2 Å². The number of hydrogen-bond donors (Lipinski definition) is 1. The lowest BCUT2D eigenvalue weighted by molar-refractivity contribution is 0.537. The van der Waals surface area contributed by atoms with Crippen LogP contribution in [0.1, 0.15) is 31.9 Å². The fraction of sp³-hybridized carbons (Fsp3) is 0.294. The van der Waals surface area contributed by atoms with Crippen LogP contribution in [0, 0.1) is 0 Å². The molecule has 0 amide bonds. The number of nitrogens with one attached hydrogen (secondary N) is 1. The zero-order valence-corrected chi connectivity index (χ0v) is 13.3. The van der Waals surface area contributed by atoms with Crippen molar-refractivity contribution in [2.45, 2.75) is 26.3 Å². The average Bonchev–Trinajstić information content (AvgIpc) is 2.47. The molecule has 1 unspecified atom stereocenters. The zero-order chi connectivity index (χ0) is 14.5. The van der Waals surface area contributed by atoms with Crippen LogP contribution in [-0.4, -0.2) is 6.54 Å². The van der Waals surface area contributed by atoms with Gasteiger partial charge in [0.2, 0.25) is 0 Å². The maximum atomic E-state index is 6.28. The molecule has 0 aliphatic rings. The Hall–Kier alpha value is -1.02. The summed E-state index contributed by atoms with van der Waals surface area (Å²) in [7, 11) is 0. The minimum atomic E-state index is 0.373. The van der Waals surface area contributed by atoms with Crippen LogP contribution in [0.25, 0.3) is 11.1 Å². The molecule has 0 saturated heterocycles. The van der Waals surface area contributed by atoms with Gasteiger partial charge in [-0.25, -0.2) is 0 Å². The summed E-state index contributed by atoms with van der Waals surface area (Å²) in [4.78, 5) is 0. The SMILES string of the molecule is CCNC(CC)c1cccc(-c2cc(Cl)ccc2Cl)c1. The van der Waals surface area contributed by atoms with E-state index in [2.05, 4.69) is 43.4 Å². The molecule has 0 aromatic heterocycles. The molecule has 106 valence electrons. The van der Waals surface area contributed by atoms with Crippen LogP contribution in [0.2, 0.25) is 10.0 Å². The zero-order valence-electron chi connectivity index (χ0n) is 11.8. The first-order valence-electron chi connectivity index (χ1n) is 6.94. The minimum Gasteiger partial charge on any atom is -0.310 e. The molecular formula is C17H19Cl2N. The Morgan fingerprint density at radius 3 is 2.55 bits per heavy atom. The molecule has 0 radical (unpaired) electrons. The molecule has 2 rings (SSSR count). The highest BCUT2D eigenvalue weighted by atomic mass is 35.5. The molecule has 1 N–H and O–H groups in total. The highest BCUT2D eigenvalue weighted by molar-refractivity contribution is 6.35. The largest absolute Gasteiger partial charge is 0.310 e. The van der Waals surface area contributed by atoms with Crippen molar-refractivity contribution in [3.05, 3.63) is 58.1 Å². The van der Waals surface area contributed by atoms with Gasteiger partial charge < -0.3 is 5.32 Å². The predicted molar refractivity (Wildman–Crippen MR) is 88.6 cm³/mol. The van der Waals surface area contributed by atoms with Crippen LogP contribution in [0.3, 0.4) is 0 Å². The van der Waals surface area contributed by atoms with E-state index in [1.165, 1.54) is 5.56 Å². The fourth-order valence-corrected chi connectivity index (χ4v) is 2.78. The minimum absolute atomic E-state index is 0.373. The molecule has 2 aromatic carbocycles. The lowest BCUT2D eigenvalue weighted by Crippen LogP contribution is -2.19. The lowest BCUT2D eigenvalue weighted by atomic mass is 9.98. The number of halogens is 2. The van der Waals surface area contributed by atoms with E-state index in [9.17, 15) is 0 Å². The van der Waals surface area contributed by atoms with E-state index in [-0.39, 0.29) is 0 Å². The van der Waals surface area contributed by atoms with Gasteiger partial charge in [0.15, 0.2) is 0 Å². The van der Waals surface area contributed by atoms with Gasteiger partial charge in [0.05, 0.1) is 0 Å². The fourth-order valence-electron chi connectivity index (χ4n) is 2.39. The third-order valence-corrected chi connectivity index (χ3v) is 3.95. The Labute approximate surface area is 130 Å². The molecule has 2 aromatic rings. The van der Waals surface area contributed by atoms with E-state index >= 15 is 0 Å². The Kier molecular flexibility index (Phi) is 5.47. The maximum Gasteiger partial charge on any atom is 0.0485 e. The average molecular weight is 308 g/mol. The third-order valence-electron chi connectivity index (χ3n) is 3.39. The van der Waals surface area contributed by atoms with Crippen molar-refractivity contribution in [1.82, 2.24) is 5.32 Å². The lowest BCUT2D eigenvalue weighted by Gasteiger charge is -2.17. The van der Waals surface area contributed by atoms with E-state index in [0.29, 0.717) is 11.1 Å². The summed E-state index contributed by atoms with van der Waals surface area (Å²) in [5.74, 6) is 0. The Balaban J connectivity index is 2.41. The van der Waals surface area contributed by atoms with Crippen LogP contribution in [0.5, 0.6) is 0 Å². The summed E-state index contributed by atoms with van der Waals surface area (Å²) in [6.45, 7) is 5.27. The second-order valence-electron chi connectivity index (χ2n) is 4.77. The van der Waals surface area contributed by atoms with Gasteiger partial charge >= 0.3 is 0 Å². The van der Waals surface area contributed by atoms with Crippen LogP contribution >= 0.6 is 23.2 Å². The molecule has 0 bridgehead atoms. The van der Waals surface area contributed by atoms with Gasteiger partial charge in [-0.05, 0) is 48.4 Å². The number of rotatable bonds is 5. The van der Waals surface area contributed by atoms with Gasteiger partial charge in [0.1, 0.15) is 0 Å². The normalized spacial score (nSPS) is 12.4. The standard InChI is InChI=1S/C17H19Cl2N/c1-3-17(20-4-2)13-7-5-6-12(10-13)15-11-14(18)8-9-16(15)19/h5-11,17,20H,3-4H2,1-2H3. The summed E-state index contributed by atoms with van der Waals surface area (Å²) < 4.78 is 0. The van der Waals surface area contributed by atoms with E-state index in [0.717, 1.165) is 29.1 Å². The van der Waals surface area contributed by atoms with Gasteiger partial charge in [-0.1, -0.05) is 55.2 Å². The van der Waals surface area contributed by atoms with E-state index < -0.39 is 0 Å². The molecule has 0 fully saturated rings. The quantitative estimate of drug-likeness (QED) is 0.744.